The van der Waals surface area contributed by atoms with Gasteiger partial charge in [0.05, 0.1) is 4.88 Å². The molecule has 1 amide bonds. The van der Waals surface area contributed by atoms with Crippen molar-refractivity contribution in [3.05, 3.63) is 22.4 Å². The zero-order chi connectivity index (χ0) is 11.7. The normalized spacial score (nSPS) is 12.9. The number of carbonyl (C=O) groups excluding carboxylic acids is 1. The molecule has 0 bridgehead atoms. The van der Waals surface area contributed by atoms with E-state index in [0.29, 0.717) is 5.88 Å². The number of thiophene rings is 2. The molecule has 2 nitrogen and oxygen atoms in total. The predicted octanol–water partition coefficient (Wildman–Crippen LogP) is 3.66. The Morgan fingerprint density at radius 2 is 2.31 bits per heavy atom. The summed E-state index contributed by atoms with van der Waals surface area (Å²) in [6.45, 7) is 1.95. The van der Waals surface area contributed by atoms with E-state index in [0.717, 1.165) is 4.88 Å². The van der Waals surface area contributed by atoms with Crippen molar-refractivity contribution in [2.45, 2.75) is 13.0 Å². The maximum absolute atomic E-state index is 12.1. The molecule has 5 heteroatoms. The Balaban J connectivity index is 2.24. The Kier molecular flexibility index (Phi) is 3.52. The Hall–Kier alpha value is -0.580. The molecule has 1 atom stereocenters. The standard InChI is InChI=1S/C11H12ClNOS2/c1-7(6-12)13(2)11(14)10-5-9-8(16-10)3-4-15-9/h3-5,7H,6H2,1-2H3. The molecule has 2 rings (SSSR count). The molecule has 2 aromatic rings. The number of fused-ring (bicyclic) bond motifs is 1. The summed E-state index contributed by atoms with van der Waals surface area (Å²) >= 11 is 8.96. The SMILES string of the molecule is CC(CCl)N(C)C(=O)c1cc2sccc2s1. The quantitative estimate of drug-likeness (QED) is 0.782. The highest BCUT2D eigenvalue weighted by atomic mass is 35.5. The van der Waals surface area contributed by atoms with Gasteiger partial charge in [0.25, 0.3) is 5.91 Å². The molecule has 16 heavy (non-hydrogen) atoms. The van der Waals surface area contributed by atoms with Gasteiger partial charge in [-0.15, -0.1) is 34.3 Å². The number of amides is 1. The third-order valence-electron chi connectivity index (χ3n) is 2.55. The minimum atomic E-state index is 0.0570. The minimum Gasteiger partial charge on any atom is -0.337 e. The summed E-state index contributed by atoms with van der Waals surface area (Å²) < 4.78 is 2.36. The first-order chi connectivity index (χ1) is 7.63. The Morgan fingerprint density at radius 3 is 2.94 bits per heavy atom. The molecule has 0 saturated heterocycles. The first-order valence-corrected chi connectivity index (χ1v) is 7.16. The molecule has 0 fully saturated rings. The summed E-state index contributed by atoms with van der Waals surface area (Å²) in [5.74, 6) is 0.517. The molecule has 2 aromatic heterocycles. The van der Waals surface area contributed by atoms with Crippen LogP contribution in [0.4, 0.5) is 0 Å². The van der Waals surface area contributed by atoms with Crippen LogP contribution < -0.4 is 0 Å². The lowest BCUT2D eigenvalue weighted by atomic mass is 10.3. The highest BCUT2D eigenvalue weighted by molar-refractivity contribution is 7.27. The maximum atomic E-state index is 12.1. The van der Waals surface area contributed by atoms with Crippen LogP contribution in [0.5, 0.6) is 0 Å². The number of nitrogens with zero attached hydrogens (tertiary/aromatic N) is 1. The molecule has 0 saturated carbocycles. The summed E-state index contributed by atoms with van der Waals surface area (Å²) in [7, 11) is 1.79. The van der Waals surface area contributed by atoms with Crippen LogP contribution in [0, 0.1) is 0 Å². The third-order valence-corrected chi connectivity index (χ3v) is 5.08. The smallest absolute Gasteiger partial charge is 0.264 e. The van der Waals surface area contributed by atoms with Crippen molar-refractivity contribution in [2.75, 3.05) is 12.9 Å². The first kappa shape index (κ1) is 11.9. The third kappa shape index (κ3) is 2.10. The van der Waals surface area contributed by atoms with Gasteiger partial charge >= 0.3 is 0 Å². The van der Waals surface area contributed by atoms with Crippen molar-refractivity contribution in [2.24, 2.45) is 0 Å². The van der Waals surface area contributed by atoms with E-state index < -0.39 is 0 Å². The highest BCUT2D eigenvalue weighted by Gasteiger charge is 2.19. The van der Waals surface area contributed by atoms with Crippen LogP contribution in [0.15, 0.2) is 17.5 Å². The topological polar surface area (TPSA) is 20.3 Å². The van der Waals surface area contributed by atoms with E-state index in [9.17, 15) is 4.79 Å². The molecule has 1 unspecified atom stereocenters. The number of alkyl halides is 1. The molecule has 0 aliphatic rings. The van der Waals surface area contributed by atoms with Crippen molar-refractivity contribution in [1.29, 1.82) is 0 Å². The van der Waals surface area contributed by atoms with Crippen LogP contribution in [0.3, 0.4) is 0 Å². The summed E-state index contributed by atoms with van der Waals surface area (Å²) in [5, 5.41) is 2.04. The fraction of sp³-hybridized carbons (Fsp3) is 0.364. The van der Waals surface area contributed by atoms with Crippen LogP contribution in [0.1, 0.15) is 16.6 Å². The molecule has 0 aromatic carbocycles. The van der Waals surface area contributed by atoms with Crippen LogP contribution in [-0.2, 0) is 0 Å². The van der Waals surface area contributed by atoms with Gasteiger partial charge < -0.3 is 4.90 Å². The van der Waals surface area contributed by atoms with E-state index in [2.05, 4.69) is 0 Å². The molecule has 0 aliphatic carbocycles. The number of halogens is 1. The van der Waals surface area contributed by atoms with Crippen molar-refractivity contribution in [3.8, 4) is 0 Å². The highest BCUT2D eigenvalue weighted by Crippen LogP contribution is 2.30. The zero-order valence-corrected chi connectivity index (χ0v) is 11.5. The Bertz CT molecular complexity index is 476. The van der Waals surface area contributed by atoms with Gasteiger partial charge in [-0.1, -0.05) is 0 Å². The van der Waals surface area contributed by atoms with Crippen LogP contribution in [0.25, 0.3) is 9.40 Å². The molecule has 86 valence electrons. The predicted molar refractivity (Wildman–Crippen MR) is 72.0 cm³/mol. The molecule has 0 spiro atoms. The molecular weight excluding hydrogens is 262 g/mol. The minimum absolute atomic E-state index is 0.0570. The van der Waals surface area contributed by atoms with Gasteiger partial charge in [-0.3, -0.25) is 4.79 Å². The zero-order valence-electron chi connectivity index (χ0n) is 9.07. The van der Waals surface area contributed by atoms with Crippen LogP contribution in [-0.4, -0.2) is 29.8 Å². The van der Waals surface area contributed by atoms with E-state index in [-0.39, 0.29) is 11.9 Å². The molecule has 2 heterocycles. The molecular formula is C11H12ClNOS2. The fourth-order valence-corrected chi connectivity index (χ4v) is 3.65. The van der Waals surface area contributed by atoms with E-state index in [1.165, 1.54) is 9.40 Å². The number of rotatable bonds is 3. The second-order valence-electron chi connectivity index (χ2n) is 3.68. The Labute approximate surface area is 107 Å². The fourth-order valence-electron chi connectivity index (χ4n) is 1.35. The maximum Gasteiger partial charge on any atom is 0.264 e. The van der Waals surface area contributed by atoms with Crippen molar-refractivity contribution < 1.29 is 4.79 Å². The van der Waals surface area contributed by atoms with Crippen molar-refractivity contribution in [3.63, 3.8) is 0 Å². The molecule has 0 N–H and O–H groups in total. The van der Waals surface area contributed by atoms with Gasteiger partial charge in [-0.25, -0.2) is 0 Å². The number of carbonyl (C=O) groups is 1. The van der Waals surface area contributed by atoms with Crippen LogP contribution in [0.2, 0.25) is 0 Å². The second kappa shape index (κ2) is 4.73. The summed E-state index contributed by atoms with van der Waals surface area (Å²) in [5.41, 5.74) is 0. The van der Waals surface area contributed by atoms with Crippen LogP contribution >= 0.6 is 34.3 Å². The van der Waals surface area contributed by atoms with Gasteiger partial charge in [0.15, 0.2) is 0 Å². The number of hydrogen-bond acceptors (Lipinski definition) is 3. The number of hydrogen-bond donors (Lipinski definition) is 0. The second-order valence-corrected chi connectivity index (χ2v) is 6.02. The summed E-state index contributed by atoms with van der Waals surface area (Å²) in [6, 6.07) is 4.07. The van der Waals surface area contributed by atoms with Crippen molar-refractivity contribution >= 4 is 49.6 Å². The largest absolute Gasteiger partial charge is 0.337 e. The van der Waals surface area contributed by atoms with Gasteiger partial charge in [0.2, 0.25) is 0 Å². The molecule has 0 aliphatic heterocycles. The lowest BCUT2D eigenvalue weighted by molar-refractivity contribution is 0.0761. The van der Waals surface area contributed by atoms with E-state index in [4.69, 9.17) is 11.6 Å². The lowest BCUT2D eigenvalue weighted by Crippen LogP contribution is -2.35. The lowest BCUT2D eigenvalue weighted by Gasteiger charge is -2.22. The van der Waals surface area contributed by atoms with Crippen molar-refractivity contribution in [1.82, 2.24) is 4.90 Å². The average Bonchev–Trinajstić information content (AvgIpc) is 2.85. The average molecular weight is 274 g/mol. The van der Waals surface area contributed by atoms with Gasteiger partial charge in [-0.2, -0.15) is 0 Å². The van der Waals surface area contributed by atoms with Gasteiger partial charge in [0.1, 0.15) is 0 Å². The monoisotopic (exact) mass is 273 g/mol. The Morgan fingerprint density at radius 1 is 1.56 bits per heavy atom. The molecule has 0 radical (unpaired) electrons. The van der Waals surface area contributed by atoms with Gasteiger partial charge in [-0.05, 0) is 24.4 Å². The first-order valence-electron chi connectivity index (χ1n) is 4.93. The summed E-state index contributed by atoms with van der Waals surface area (Å²) in [4.78, 5) is 14.6. The van der Waals surface area contributed by atoms with E-state index in [1.54, 1.807) is 34.6 Å². The summed E-state index contributed by atoms with van der Waals surface area (Å²) in [6.07, 6.45) is 0. The van der Waals surface area contributed by atoms with Gasteiger partial charge in [0, 0.05) is 28.4 Å². The van der Waals surface area contributed by atoms with E-state index in [1.807, 2.05) is 24.4 Å². The van der Waals surface area contributed by atoms with E-state index >= 15 is 0 Å².